The predicted octanol–water partition coefficient (Wildman–Crippen LogP) is -0.407. The van der Waals surface area contributed by atoms with E-state index in [9.17, 15) is 14.4 Å². The topological polar surface area (TPSA) is 114 Å². The van der Waals surface area contributed by atoms with Crippen LogP contribution in [0.5, 0.6) is 5.75 Å². The van der Waals surface area contributed by atoms with Gasteiger partial charge in [0.15, 0.2) is 18.8 Å². The molecule has 9 nitrogen and oxygen atoms in total. The van der Waals surface area contributed by atoms with Crippen LogP contribution in [0.1, 0.15) is 17.5 Å². The number of benzene rings is 1. The highest BCUT2D eigenvalue weighted by Crippen LogP contribution is 2.14. The first kappa shape index (κ1) is 20.0. The Morgan fingerprint density at radius 1 is 1.04 bits per heavy atom. The summed E-state index contributed by atoms with van der Waals surface area (Å²) in [6.45, 7) is 2.58. The highest BCUT2D eigenvalue weighted by Gasteiger charge is 2.18. The molecule has 1 aromatic carbocycles. The van der Waals surface area contributed by atoms with E-state index in [4.69, 9.17) is 9.15 Å². The van der Waals surface area contributed by atoms with Gasteiger partial charge in [0, 0.05) is 5.69 Å². The highest BCUT2D eigenvalue weighted by atomic mass is 16.5. The number of hydrazine groups is 1. The third kappa shape index (κ3) is 6.48. The number of furan rings is 1. The number of ether oxygens (including phenoxy) is 1. The lowest BCUT2D eigenvalue weighted by Gasteiger charge is -2.17. The molecule has 1 aromatic heterocycles. The Balaban J connectivity index is 1.76. The molecule has 9 heteroatoms. The standard InChI is InChI=1S/C18H22N4O5/c1-3-22(11-16(23)19-13-6-8-14(26-2)9-7-13)12-17(24)20-21-18(25)15-5-4-10-27-15/h4-10H,3,11-12H2,1-2H3,(H,19,23)(H,20,24)(H,21,25)/p+1. The van der Waals surface area contributed by atoms with Crippen molar-refractivity contribution >= 4 is 23.4 Å². The number of carbonyl (C=O) groups excluding carboxylic acids is 3. The summed E-state index contributed by atoms with van der Waals surface area (Å²) in [7, 11) is 1.57. The molecule has 0 fully saturated rings. The molecular weight excluding hydrogens is 352 g/mol. The van der Waals surface area contributed by atoms with E-state index in [0.29, 0.717) is 18.0 Å². The molecule has 0 saturated heterocycles. The van der Waals surface area contributed by atoms with Crippen molar-refractivity contribution in [2.24, 2.45) is 0 Å². The molecule has 0 aliphatic carbocycles. The van der Waals surface area contributed by atoms with Crippen LogP contribution in [0.15, 0.2) is 47.1 Å². The van der Waals surface area contributed by atoms with Crippen LogP contribution in [0, 0.1) is 0 Å². The van der Waals surface area contributed by atoms with E-state index in [1.165, 1.54) is 12.3 Å². The number of anilines is 1. The lowest BCUT2D eigenvalue weighted by atomic mass is 10.3. The zero-order valence-electron chi connectivity index (χ0n) is 15.2. The van der Waals surface area contributed by atoms with Gasteiger partial charge in [0.25, 0.3) is 11.8 Å². The van der Waals surface area contributed by atoms with Gasteiger partial charge in [-0.1, -0.05) is 0 Å². The molecule has 3 amide bonds. The normalized spacial score (nSPS) is 11.3. The van der Waals surface area contributed by atoms with Crippen molar-refractivity contribution < 1.29 is 28.4 Å². The van der Waals surface area contributed by atoms with Crippen LogP contribution in [0.3, 0.4) is 0 Å². The second kappa shape index (κ2) is 9.97. The number of hydrogen-bond acceptors (Lipinski definition) is 5. The van der Waals surface area contributed by atoms with Crippen LogP contribution in [-0.4, -0.2) is 44.5 Å². The quantitative estimate of drug-likeness (QED) is 0.469. The molecule has 1 heterocycles. The number of carbonyl (C=O) groups is 3. The number of likely N-dealkylation sites (N-methyl/N-ethyl adjacent to an activating group) is 1. The van der Waals surface area contributed by atoms with E-state index in [0.717, 1.165) is 4.90 Å². The first-order valence-electron chi connectivity index (χ1n) is 8.42. The molecule has 0 radical (unpaired) electrons. The van der Waals surface area contributed by atoms with E-state index < -0.39 is 11.8 Å². The maximum absolute atomic E-state index is 12.2. The Morgan fingerprint density at radius 3 is 2.33 bits per heavy atom. The summed E-state index contributed by atoms with van der Waals surface area (Å²) in [4.78, 5) is 36.6. The Bertz CT molecular complexity index is 759. The number of nitrogens with one attached hydrogen (secondary N) is 4. The van der Waals surface area contributed by atoms with Crippen LogP contribution >= 0.6 is 0 Å². The van der Waals surface area contributed by atoms with Crippen LogP contribution in [0.25, 0.3) is 0 Å². The van der Waals surface area contributed by atoms with Crippen LogP contribution in [-0.2, 0) is 9.59 Å². The molecule has 2 rings (SSSR count). The van der Waals surface area contributed by atoms with Gasteiger partial charge in [0.1, 0.15) is 5.75 Å². The van der Waals surface area contributed by atoms with Crippen molar-refractivity contribution in [3.8, 4) is 5.75 Å². The molecule has 1 unspecified atom stereocenters. The van der Waals surface area contributed by atoms with Crippen molar-refractivity contribution in [3.63, 3.8) is 0 Å². The maximum atomic E-state index is 12.2. The summed E-state index contributed by atoms with van der Waals surface area (Å²) in [6, 6.07) is 10.0. The summed E-state index contributed by atoms with van der Waals surface area (Å²) in [5, 5.41) is 2.77. The molecule has 27 heavy (non-hydrogen) atoms. The summed E-state index contributed by atoms with van der Waals surface area (Å²) >= 11 is 0. The minimum absolute atomic E-state index is 0.0327. The highest BCUT2D eigenvalue weighted by molar-refractivity contribution is 5.93. The van der Waals surface area contributed by atoms with E-state index >= 15 is 0 Å². The summed E-state index contributed by atoms with van der Waals surface area (Å²) in [5.41, 5.74) is 5.21. The van der Waals surface area contributed by atoms with Gasteiger partial charge in [-0.2, -0.15) is 0 Å². The fraction of sp³-hybridized carbons (Fsp3) is 0.278. The lowest BCUT2D eigenvalue weighted by Crippen LogP contribution is -3.14. The third-order valence-electron chi connectivity index (χ3n) is 3.76. The largest absolute Gasteiger partial charge is 0.497 e. The second-order valence-corrected chi connectivity index (χ2v) is 5.71. The number of methoxy groups -OCH3 is 1. The van der Waals surface area contributed by atoms with E-state index in [1.54, 1.807) is 37.4 Å². The fourth-order valence-corrected chi connectivity index (χ4v) is 2.29. The average molecular weight is 375 g/mol. The molecule has 0 saturated carbocycles. The van der Waals surface area contributed by atoms with Gasteiger partial charge in [-0.15, -0.1) is 0 Å². The molecule has 0 aliphatic rings. The second-order valence-electron chi connectivity index (χ2n) is 5.71. The van der Waals surface area contributed by atoms with E-state index in [2.05, 4.69) is 16.2 Å². The van der Waals surface area contributed by atoms with Gasteiger partial charge < -0.3 is 19.4 Å². The first-order valence-corrected chi connectivity index (χ1v) is 8.42. The minimum Gasteiger partial charge on any atom is -0.497 e. The average Bonchev–Trinajstić information content (AvgIpc) is 3.21. The number of hydrogen-bond donors (Lipinski definition) is 4. The van der Waals surface area contributed by atoms with Gasteiger partial charge in [-0.25, -0.2) is 0 Å². The first-order chi connectivity index (χ1) is 13.0. The van der Waals surface area contributed by atoms with Crippen molar-refractivity contribution in [1.29, 1.82) is 0 Å². The number of amides is 3. The van der Waals surface area contributed by atoms with Crippen molar-refractivity contribution in [3.05, 3.63) is 48.4 Å². The smallest absolute Gasteiger partial charge is 0.305 e. The zero-order valence-corrected chi connectivity index (χ0v) is 15.2. The van der Waals surface area contributed by atoms with Crippen LogP contribution in [0.4, 0.5) is 5.69 Å². The molecule has 1 atom stereocenters. The van der Waals surface area contributed by atoms with Gasteiger partial charge in [-0.3, -0.25) is 25.2 Å². The van der Waals surface area contributed by atoms with Gasteiger partial charge >= 0.3 is 5.91 Å². The monoisotopic (exact) mass is 375 g/mol. The fourth-order valence-electron chi connectivity index (χ4n) is 2.29. The molecule has 0 bridgehead atoms. The molecule has 0 aliphatic heterocycles. The SMILES string of the molecule is CC[NH+](CC(=O)NNC(=O)c1ccco1)CC(=O)Nc1ccc(OC)cc1. The van der Waals surface area contributed by atoms with Crippen LogP contribution < -0.4 is 25.8 Å². The Hall–Kier alpha value is -3.33. The third-order valence-corrected chi connectivity index (χ3v) is 3.76. The van der Waals surface area contributed by atoms with Gasteiger partial charge in [0.2, 0.25) is 0 Å². The van der Waals surface area contributed by atoms with Gasteiger partial charge in [0.05, 0.1) is 19.9 Å². The molecule has 4 N–H and O–H groups in total. The number of rotatable bonds is 8. The van der Waals surface area contributed by atoms with E-state index in [-0.39, 0.29) is 24.8 Å². The van der Waals surface area contributed by atoms with Crippen molar-refractivity contribution in [2.45, 2.75) is 6.92 Å². The molecule has 2 aromatic rings. The maximum Gasteiger partial charge on any atom is 0.305 e. The molecule has 144 valence electrons. The summed E-state index contributed by atoms with van der Waals surface area (Å²) in [5.74, 6) is -0.395. The molecular formula is C18H23N4O5+. The Morgan fingerprint density at radius 2 is 1.74 bits per heavy atom. The van der Waals surface area contributed by atoms with Gasteiger partial charge in [-0.05, 0) is 43.3 Å². The summed E-state index contributed by atoms with van der Waals surface area (Å²) in [6.07, 6.45) is 1.36. The van der Waals surface area contributed by atoms with Crippen molar-refractivity contribution in [1.82, 2.24) is 10.9 Å². The lowest BCUT2D eigenvalue weighted by molar-refractivity contribution is -0.881. The Labute approximate surface area is 156 Å². The van der Waals surface area contributed by atoms with E-state index in [1.807, 2.05) is 6.92 Å². The number of quaternary nitrogens is 1. The zero-order chi connectivity index (χ0) is 19.6. The minimum atomic E-state index is -0.552. The van der Waals surface area contributed by atoms with Crippen LogP contribution in [0.2, 0.25) is 0 Å². The predicted molar refractivity (Wildman–Crippen MR) is 97.2 cm³/mol. The van der Waals surface area contributed by atoms with Crippen molar-refractivity contribution in [2.75, 3.05) is 32.1 Å². The molecule has 0 spiro atoms. The Kier molecular flexibility index (Phi) is 7.38. The summed E-state index contributed by atoms with van der Waals surface area (Å²) < 4.78 is 9.99.